The van der Waals surface area contributed by atoms with Gasteiger partial charge in [-0.3, -0.25) is 9.78 Å². The topological polar surface area (TPSA) is 62.7 Å². The predicted molar refractivity (Wildman–Crippen MR) is 84.1 cm³/mol. The van der Waals surface area contributed by atoms with Gasteiger partial charge in [-0.15, -0.1) is 0 Å². The number of aromatic nitrogens is 1. The van der Waals surface area contributed by atoms with Gasteiger partial charge < -0.3 is 14.7 Å². The molecule has 22 heavy (non-hydrogen) atoms. The van der Waals surface area contributed by atoms with Crippen molar-refractivity contribution in [3.05, 3.63) is 35.5 Å². The zero-order chi connectivity index (χ0) is 15.7. The number of carbonyl (C=O) groups excluding carboxylic acids is 1. The monoisotopic (exact) mass is 300 g/mol. The normalized spacial score (nSPS) is 18.0. The van der Waals surface area contributed by atoms with Crippen molar-refractivity contribution < 1.29 is 14.6 Å². The van der Waals surface area contributed by atoms with Crippen LogP contribution in [0, 0.1) is 12.8 Å². The van der Waals surface area contributed by atoms with Gasteiger partial charge in [0.05, 0.1) is 18.2 Å². The van der Waals surface area contributed by atoms with Crippen LogP contribution in [-0.2, 0) is 0 Å². The van der Waals surface area contributed by atoms with Crippen molar-refractivity contribution in [2.24, 2.45) is 5.92 Å². The first-order valence-electron chi connectivity index (χ1n) is 7.48. The molecular weight excluding hydrogens is 280 g/mol. The summed E-state index contributed by atoms with van der Waals surface area (Å²) in [7, 11) is 1.61. The van der Waals surface area contributed by atoms with Crippen LogP contribution in [0.4, 0.5) is 0 Å². The molecule has 5 nitrogen and oxygen atoms in total. The zero-order valence-corrected chi connectivity index (χ0v) is 12.9. The maximum absolute atomic E-state index is 12.8. The quantitative estimate of drug-likeness (QED) is 0.942. The van der Waals surface area contributed by atoms with E-state index in [0.717, 1.165) is 28.8 Å². The van der Waals surface area contributed by atoms with Gasteiger partial charge in [0.2, 0.25) is 0 Å². The number of hydrogen-bond acceptors (Lipinski definition) is 4. The number of nitrogens with zero attached hydrogens (tertiary/aromatic N) is 2. The molecule has 0 spiro atoms. The Labute approximate surface area is 129 Å². The molecule has 0 bridgehead atoms. The van der Waals surface area contributed by atoms with E-state index in [-0.39, 0.29) is 18.4 Å². The van der Waals surface area contributed by atoms with E-state index >= 15 is 0 Å². The van der Waals surface area contributed by atoms with E-state index in [1.807, 2.05) is 36.1 Å². The molecule has 1 aliphatic rings. The molecule has 2 heterocycles. The third-order valence-electron chi connectivity index (χ3n) is 4.21. The number of likely N-dealkylation sites (tertiary alicyclic amines) is 1. The van der Waals surface area contributed by atoms with Gasteiger partial charge >= 0.3 is 0 Å². The largest absolute Gasteiger partial charge is 0.497 e. The first-order valence-corrected chi connectivity index (χ1v) is 7.48. The summed E-state index contributed by atoms with van der Waals surface area (Å²) in [6.45, 7) is 3.34. The Bertz CT molecular complexity index is 714. The van der Waals surface area contributed by atoms with E-state index in [1.165, 1.54) is 0 Å². The minimum atomic E-state index is 0.0108. The third-order valence-corrected chi connectivity index (χ3v) is 4.21. The fourth-order valence-corrected chi connectivity index (χ4v) is 2.98. The van der Waals surface area contributed by atoms with Crippen LogP contribution in [0.25, 0.3) is 10.9 Å². The van der Waals surface area contributed by atoms with Crippen LogP contribution < -0.4 is 4.74 Å². The number of aryl methyl sites for hydroxylation is 1. The number of fused-ring (bicyclic) bond motifs is 1. The Morgan fingerprint density at radius 2 is 2.27 bits per heavy atom. The first-order chi connectivity index (χ1) is 10.6. The molecule has 1 aliphatic heterocycles. The van der Waals surface area contributed by atoms with E-state index in [0.29, 0.717) is 18.7 Å². The molecule has 0 unspecified atom stereocenters. The molecule has 1 fully saturated rings. The molecule has 0 radical (unpaired) electrons. The molecule has 5 heteroatoms. The first kappa shape index (κ1) is 14.8. The van der Waals surface area contributed by atoms with Crippen molar-refractivity contribution in [2.75, 3.05) is 26.8 Å². The number of benzene rings is 1. The smallest absolute Gasteiger partial charge is 0.254 e. The molecule has 1 aromatic carbocycles. The number of carbonyl (C=O) groups is 1. The van der Waals surface area contributed by atoms with E-state index in [4.69, 9.17) is 4.74 Å². The zero-order valence-electron chi connectivity index (χ0n) is 12.9. The Hall–Kier alpha value is -2.14. The highest BCUT2D eigenvalue weighted by atomic mass is 16.5. The lowest BCUT2D eigenvalue weighted by Gasteiger charge is -2.18. The number of amides is 1. The molecule has 0 saturated carbocycles. The Morgan fingerprint density at radius 3 is 2.95 bits per heavy atom. The second-order valence-electron chi connectivity index (χ2n) is 5.78. The van der Waals surface area contributed by atoms with Gasteiger partial charge in [0.25, 0.3) is 5.91 Å². The standard InChI is InChI=1S/C17H20N2O3/c1-11-7-15(17(21)19-6-5-12(9-19)10-20)14-4-3-13(22-2)8-16(14)18-11/h3-4,7-8,12,20H,5-6,9-10H2,1-2H3/t12-/m0/s1. The lowest BCUT2D eigenvalue weighted by Crippen LogP contribution is -2.29. The maximum atomic E-state index is 12.8. The summed E-state index contributed by atoms with van der Waals surface area (Å²) in [5, 5.41) is 10.1. The summed E-state index contributed by atoms with van der Waals surface area (Å²) in [6, 6.07) is 7.41. The average molecular weight is 300 g/mol. The molecule has 1 aromatic heterocycles. The molecule has 1 atom stereocenters. The molecule has 1 amide bonds. The van der Waals surface area contributed by atoms with Gasteiger partial charge in [-0.05, 0) is 31.5 Å². The van der Waals surface area contributed by atoms with Crippen LogP contribution in [0.5, 0.6) is 5.75 Å². The summed E-state index contributed by atoms with van der Waals surface area (Å²) in [5.41, 5.74) is 2.24. The molecule has 116 valence electrons. The molecule has 0 aliphatic carbocycles. The van der Waals surface area contributed by atoms with E-state index in [9.17, 15) is 9.90 Å². The maximum Gasteiger partial charge on any atom is 0.254 e. The van der Waals surface area contributed by atoms with Crippen molar-refractivity contribution in [2.45, 2.75) is 13.3 Å². The van der Waals surface area contributed by atoms with Gasteiger partial charge in [0.15, 0.2) is 0 Å². The molecule has 1 N–H and O–H groups in total. The number of methoxy groups -OCH3 is 1. The van der Waals surface area contributed by atoms with Crippen molar-refractivity contribution in [3.63, 3.8) is 0 Å². The minimum absolute atomic E-state index is 0.0108. The van der Waals surface area contributed by atoms with Crippen LogP contribution in [0.1, 0.15) is 22.5 Å². The molecular formula is C17H20N2O3. The van der Waals surface area contributed by atoms with Crippen LogP contribution in [0.3, 0.4) is 0 Å². The van der Waals surface area contributed by atoms with Gasteiger partial charge in [-0.25, -0.2) is 0 Å². The second-order valence-corrected chi connectivity index (χ2v) is 5.78. The Balaban J connectivity index is 2.01. The lowest BCUT2D eigenvalue weighted by molar-refractivity contribution is 0.0783. The highest BCUT2D eigenvalue weighted by Crippen LogP contribution is 2.26. The van der Waals surface area contributed by atoms with Crippen LogP contribution in [0.15, 0.2) is 24.3 Å². The summed E-state index contributed by atoms with van der Waals surface area (Å²) in [6.07, 6.45) is 0.859. The van der Waals surface area contributed by atoms with Crippen molar-refractivity contribution in [1.82, 2.24) is 9.88 Å². The summed E-state index contributed by atoms with van der Waals surface area (Å²) in [5.74, 6) is 0.931. The van der Waals surface area contributed by atoms with Crippen molar-refractivity contribution >= 4 is 16.8 Å². The Kier molecular flexibility index (Phi) is 3.98. The van der Waals surface area contributed by atoms with Gasteiger partial charge in [-0.2, -0.15) is 0 Å². The number of ether oxygens (including phenoxy) is 1. The van der Waals surface area contributed by atoms with Crippen LogP contribution in [0.2, 0.25) is 0 Å². The minimum Gasteiger partial charge on any atom is -0.497 e. The van der Waals surface area contributed by atoms with Gasteiger partial charge in [-0.1, -0.05) is 0 Å². The van der Waals surface area contributed by atoms with Crippen molar-refractivity contribution in [1.29, 1.82) is 0 Å². The predicted octanol–water partition coefficient (Wildman–Crippen LogP) is 2.01. The van der Waals surface area contributed by atoms with E-state index < -0.39 is 0 Å². The average Bonchev–Trinajstić information content (AvgIpc) is 3.01. The number of aliphatic hydroxyl groups is 1. The number of aliphatic hydroxyl groups excluding tert-OH is 1. The molecule has 3 rings (SSSR count). The highest BCUT2D eigenvalue weighted by Gasteiger charge is 2.27. The van der Waals surface area contributed by atoms with Crippen molar-refractivity contribution in [3.8, 4) is 5.75 Å². The number of pyridine rings is 1. The van der Waals surface area contributed by atoms with E-state index in [2.05, 4.69) is 4.98 Å². The second kappa shape index (κ2) is 5.93. The molecule has 1 saturated heterocycles. The molecule has 2 aromatic rings. The van der Waals surface area contributed by atoms with Gasteiger partial charge in [0.1, 0.15) is 5.75 Å². The lowest BCUT2D eigenvalue weighted by atomic mass is 10.1. The third kappa shape index (κ3) is 2.64. The Morgan fingerprint density at radius 1 is 1.45 bits per heavy atom. The van der Waals surface area contributed by atoms with Gasteiger partial charge in [0, 0.05) is 42.8 Å². The fourth-order valence-electron chi connectivity index (χ4n) is 2.98. The summed E-state index contributed by atoms with van der Waals surface area (Å²) >= 11 is 0. The number of rotatable bonds is 3. The van der Waals surface area contributed by atoms with Crippen LogP contribution in [-0.4, -0.2) is 47.7 Å². The van der Waals surface area contributed by atoms with Crippen LogP contribution >= 0.6 is 0 Å². The number of hydrogen-bond donors (Lipinski definition) is 1. The summed E-state index contributed by atoms with van der Waals surface area (Å²) < 4.78 is 5.23. The summed E-state index contributed by atoms with van der Waals surface area (Å²) in [4.78, 5) is 19.1. The fraction of sp³-hybridized carbons (Fsp3) is 0.412. The highest BCUT2D eigenvalue weighted by molar-refractivity contribution is 6.06. The SMILES string of the molecule is COc1ccc2c(C(=O)N3CC[C@H](CO)C3)cc(C)nc2c1. The van der Waals surface area contributed by atoms with E-state index in [1.54, 1.807) is 7.11 Å².